The molecule has 0 radical (unpaired) electrons. The van der Waals surface area contributed by atoms with Crippen LogP contribution >= 0.6 is 24.0 Å². The number of rotatable bonds is 11. The van der Waals surface area contributed by atoms with Crippen LogP contribution in [0.5, 0.6) is 0 Å². The molecule has 7 nitrogen and oxygen atoms in total. The van der Waals surface area contributed by atoms with E-state index in [1.807, 2.05) is 0 Å². The number of nitrogens with zero attached hydrogens (tertiary/aromatic N) is 3. The molecule has 0 aromatic carbocycles. The van der Waals surface area contributed by atoms with E-state index >= 15 is 0 Å². The number of morpholine rings is 1. The highest BCUT2D eigenvalue weighted by Gasteiger charge is 2.26. The van der Waals surface area contributed by atoms with Crippen LogP contribution in [-0.2, 0) is 4.74 Å². The van der Waals surface area contributed by atoms with Gasteiger partial charge in [0.15, 0.2) is 5.96 Å². The van der Waals surface area contributed by atoms with Crippen molar-refractivity contribution in [2.24, 2.45) is 10.9 Å². The predicted octanol–water partition coefficient (Wildman–Crippen LogP) is 2.14. The van der Waals surface area contributed by atoms with E-state index in [0.717, 1.165) is 90.8 Å². The molecule has 0 saturated carbocycles. The number of ether oxygens (including phenoxy) is 1. The summed E-state index contributed by atoms with van der Waals surface area (Å²) in [7, 11) is 0. The summed E-state index contributed by atoms with van der Waals surface area (Å²) in [5.41, 5.74) is 0. The highest BCUT2D eigenvalue weighted by Crippen LogP contribution is 2.20. The second kappa shape index (κ2) is 16.5. The number of nitrogens with one attached hydrogen (secondary N) is 2. The smallest absolute Gasteiger partial charge is 0.191 e. The lowest BCUT2D eigenvalue weighted by atomic mass is 9.92. The topological polar surface area (TPSA) is 72.4 Å². The van der Waals surface area contributed by atoms with Crippen molar-refractivity contribution in [2.75, 3.05) is 65.6 Å². The van der Waals surface area contributed by atoms with Gasteiger partial charge in [-0.25, -0.2) is 0 Å². The lowest BCUT2D eigenvalue weighted by Gasteiger charge is -2.38. The van der Waals surface area contributed by atoms with Crippen LogP contribution in [-0.4, -0.2) is 98.6 Å². The predicted molar refractivity (Wildman–Crippen MR) is 136 cm³/mol. The van der Waals surface area contributed by atoms with Gasteiger partial charge in [-0.1, -0.05) is 26.7 Å². The Labute approximate surface area is 201 Å². The van der Waals surface area contributed by atoms with E-state index in [1.54, 1.807) is 0 Å². The van der Waals surface area contributed by atoms with Crippen molar-refractivity contribution >= 4 is 29.9 Å². The molecule has 0 aromatic rings. The molecule has 2 saturated heterocycles. The van der Waals surface area contributed by atoms with Gasteiger partial charge in [0, 0.05) is 45.3 Å². The first-order valence-electron chi connectivity index (χ1n) is 11.9. The lowest BCUT2D eigenvalue weighted by Crippen LogP contribution is -2.49. The second-order valence-electron chi connectivity index (χ2n) is 8.37. The van der Waals surface area contributed by atoms with Gasteiger partial charge in [-0.3, -0.25) is 9.89 Å². The minimum atomic E-state index is -0.0913. The zero-order valence-electron chi connectivity index (χ0n) is 19.4. The summed E-state index contributed by atoms with van der Waals surface area (Å²) in [5.74, 6) is 1.61. The van der Waals surface area contributed by atoms with Gasteiger partial charge < -0.3 is 25.4 Å². The molecule has 8 heteroatoms. The van der Waals surface area contributed by atoms with Crippen LogP contribution in [0.2, 0.25) is 0 Å². The van der Waals surface area contributed by atoms with Gasteiger partial charge in [-0.05, 0) is 38.6 Å². The third-order valence-electron chi connectivity index (χ3n) is 6.39. The van der Waals surface area contributed by atoms with Crippen molar-refractivity contribution < 1.29 is 9.84 Å². The molecule has 1 unspecified atom stereocenters. The maximum Gasteiger partial charge on any atom is 0.191 e. The van der Waals surface area contributed by atoms with Crippen molar-refractivity contribution in [3.05, 3.63) is 0 Å². The molecule has 0 amide bonds. The zero-order chi connectivity index (χ0) is 20.9. The highest BCUT2D eigenvalue weighted by molar-refractivity contribution is 14.0. The summed E-state index contributed by atoms with van der Waals surface area (Å²) in [4.78, 5) is 10.0. The van der Waals surface area contributed by atoms with Crippen LogP contribution in [0.15, 0.2) is 4.99 Å². The molecule has 1 atom stereocenters. The first-order valence-corrected chi connectivity index (χ1v) is 11.9. The molecule has 2 aliphatic rings. The van der Waals surface area contributed by atoms with Gasteiger partial charge in [-0.2, -0.15) is 0 Å². The Morgan fingerprint density at radius 2 is 1.73 bits per heavy atom. The average Bonchev–Trinajstić information content (AvgIpc) is 2.75. The fraction of sp³-hybridized carbons (Fsp3) is 0.955. The fourth-order valence-electron chi connectivity index (χ4n) is 4.48. The fourth-order valence-corrected chi connectivity index (χ4v) is 4.48. The standard InChI is InChI=1S/C22H45N5O2.HI/c1-4-19(5-2)21(27-14-16-29-17-15-27)18-25-22(23-6-3)24-10-7-11-26-12-8-20(28)9-13-26;/h19-21,28H,4-18H2,1-3H3,(H2,23,24,25);1H. The number of hydrogen-bond acceptors (Lipinski definition) is 5. The zero-order valence-corrected chi connectivity index (χ0v) is 21.8. The van der Waals surface area contributed by atoms with Crippen LogP contribution in [0.1, 0.15) is 52.9 Å². The van der Waals surface area contributed by atoms with Crippen molar-refractivity contribution in [2.45, 2.75) is 65.0 Å². The first kappa shape index (κ1) is 27.9. The minimum absolute atomic E-state index is 0. The molecular weight excluding hydrogens is 493 g/mol. The largest absolute Gasteiger partial charge is 0.393 e. The van der Waals surface area contributed by atoms with Crippen molar-refractivity contribution in [1.82, 2.24) is 20.4 Å². The first-order chi connectivity index (χ1) is 14.2. The number of likely N-dealkylation sites (tertiary alicyclic amines) is 1. The highest BCUT2D eigenvalue weighted by atomic mass is 127. The Kier molecular flexibility index (Phi) is 15.3. The van der Waals surface area contributed by atoms with E-state index in [0.29, 0.717) is 12.0 Å². The number of guanidine groups is 1. The number of hydrogen-bond donors (Lipinski definition) is 3. The van der Waals surface area contributed by atoms with Crippen LogP contribution in [0.25, 0.3) is 0 Å². The molecular formula is C22H46IN5O2. The Hall–Kier alpha value is -0.160. The normalized spacial score (nSPS) is 20.8. The van der Waals surface area contributed by atoms with E-state index < -0.39 is 0 Å². The molecule has 0 spiro atoms. The van der Waals surface area contributed by atoms with E-state index in [2.05, 4.69) is 41.2 Å². The van der Waals surface area contributed by atoms with Crippen molar-refractivity contribution in [1.29, 1.82) is 0 Å². The van der Waals surface area contributed by atoms with E-state index in [-0.39, 0.29) is 30.1 Å². The number of halogens is 1. The molecule has 3 N–H and O–H groups in total. The number of piperidine rings is 1. The second-order valence-corrected chi connectivity index (χ2v) is 8.37. The number of aliphatic imine (C=N–C) groups is 1. The van der Waals surface area contributed by atoms with Crippen LogP contribution in [0.3, 0.4) is 0 Å². The van der Waals surface area contributed by atoms with Crippen molar-refractivity contribution in [3.8, 4) is 0 Å². The molecule has 2 heterocycles. The third kappa shape index (κ3) is 9.97. The van der Waals surface area contributed by atoms with E-state index in [9.17, 15) is 5.11 Å². The molecule has 30 heavy (non-hydrogen) atoms. The Morgan fingerprint density at radius 3 is 2.33 bits per heavy atom. The van der Waals surface area contributed by atoms with Crippen LogP contribution in [0, 0.1) is 5.92 Å². The van der Waals surface area contributed by atoms with Crippen molar-refractivity contribution in [3.63, 3.8) is 0 Å². The number of aliphatic hydroxyl groups is 1. The summed E-state index contributed by atoms with van der Waals surface area (Å²) in [6.07, 6.45) is 5.23. The summed E-state index contributed by atoms with van der Waals surface area (Å²) in [5, 5.41) is 16.6. The Balaban J connectivity index is 0.00000450. The van der Waals surface area contributed by atoms with Gasteiger partial charge in [0.1, 0.15) is 0 Å². The van der Waals surface area contributed by atoms with E-state index in [1.165, 1.54) is 12.8 Å². The molecule has 2 fully saturated rings. The number of aliphatic hydroxyl groups excluding tert-OH is 1. The van der Waals surface area contributed by atoms with Gasteiger partial charge in [-0.15, -0.1) is 24.0 Å². The molecule has 0 bridgehead atoms. The Morgan fingerprint density at radius 1 is 1.07 bits per heavy atom. The minimum Gasteiger partial charge on any atom is -0.393 e. The summed E-state index contributed by atoms with van der Waals surface area (Å²) < 4.78 is 5.56. The third-order valence-corrected chi connectivity index (χ3v) is 6.39. The summed E-state index contributed by atoms with van der Waals surface area (Å²) in [6.45, 7) is 16.2. The van der Waals surface area contributed by atoms with E-state index in [4.69, 9.17) is 9.73 Å². The SMILES string of the molecule is CCNC(=NCC(C(CC)CC)N1CCOCC1)NCCCN1CCC(O)CC1.I. The van der Waals surface area contributed by atoms with Crippen LogP contribution < -0.4 is 10.6 Å². The maximum absolute atomic E-state index is 9.63. The monoisotopic (exact) mass is 539 g/mol. The molecule has 2 aliphatic heterocycles. The lowest BCUT2D eigenvalue weighted by molar-refractivity contribution is 0.00395. The Bertz CT molecular complexity index is 451. The molecule has 0 aromatic heterocycles. The molecule has 0 aliphatic carbocycles. The van der Waals surface area contributed by atoms with Gasteiger partial charge in [0.2, 0.25) is 0 Å². The average molecular weight is 540 g/mol. The molecule has 2 rings (SSSR count). The summed E-state index contributed by atoms with van der Waals surface area (Å²) in [6, 6.07) is 0.490. The summed E-state index contributed by atoms with van der Waals surface area (Å²) >= 11 is 0. The van der Waals surface area contributed by atoms with Gasteiger partial charge in [0.25, 0.3) is 0 Å². The van der Waals surface area contributed by atoms with Crippen LogP contribution in [0.4, 0.5) is 0 Å². The quantitative estimate of drug-likeness (QED) is 0.162. The van der Waals surface area contributed by atoms with Gasteiger partial charge >= 0.3 is 0 Å². The molecule has 178 valence electrons. The maximum atomic E-state index is 9.63. The van der Waals surface area contributed by atoms with Gasteiger partial charge in [0.05, 0.1) is 25.9 Å².